The van der Waals surface area contributed by atoms with Gasteiger partial charge in [-0.15, -0.1) is 10.2 Å². The van der Waals surface area contributed by atoms with Crippen molar-refractivity contribution in [2.75, 3.05) is 0 Å². The van der Waals surface area contributed by atoms with Crippen LogP contribution in [0.1, 0.15) is 50.2 Å². The number of carbonyl (C=O) groups excluding carboxylic acids is 1. The van der Waals surface area contributed by atoms with Crippen LogP contribution in [0.15, 0.2) is 27.8 Å². The van der Waals surface area contributed by atoms with E-state index < -0.39 is 0 Å². The molecule has 1 aromatic carbocycles. The standard InChI is InChI=1S/C19H25N3O2S/c1-12-9-10-15(11-13(12)2)18-21-22-19(24-18)25-14(3)17(23)20-16-7-5-4-6-8-16/h9-11,14,16H,4-8H2,1-3H3,(H,20,23)/t14-/m0/s1. The molecule has 1 aromatic heterocycles. The van der Waals surface area contributed by atoms with Crippen LogP contribution in [0.2, 0.25) is 0 Å². The van der Waals surface area contributed by atoms with Gasteiger partial charge in [0, 0.05) is 11.6 Å². The van der Waals surface area contributed by atoms with E-state index in [1.807, 2.05) is 25.1 Å². The second kappa shape index (κ2) is 8.04. The molecular formula is C19H25N3O2S. The molecule has 0 aliphatic heterocycles. The van der Waals surface area contributed by atoms with Gasteiger partial charge in [0.1, 0.15) is 0 Å². The molecule has 1 aliphatic rings. The normalized spacial score (nSPS) is 16.6. The lowest BCUT2D eigenvalue weighted by Gasteiger charge is -2.23. The summed E-state index contributed by atoms with van der Waals surface area (Å²) in [5.74, 6) is 0.535. The maximum Gasteiger partial charge on any atom is 0.277 e. The van der Waals surface area contributed by atoms with E-state index in [2.05, 4.69) is 29.4 Å². The number of aromatic nitrogens is 2. The van der Waals surface area contributed by atoms with Crippen molar-refractivity contribution in [3.05, 3.63) is 29.3 Å². The second-order valence-corrected chi connectivity index (χ2v) is 8.07. The molecule has 1 aliphatic carbocycles. The van der Waals surface area contributed by atoms with Gasteiger partial charge in [0.2, 0.25) is 11.8 Å². The predicted molar refractivity (Wildman–Crippen MR) is 99.5 cm³/mol. The van der Waals surface area contributed by atoms with E-state index in [0.29, 0.717) is 17.2 Å². The first kappa shape index (κ1) is 18.0. The summed E-state index contributed by atoms with van der Waals surface area (Å²) >= 11 is 1.31. The summed E-state index contributed by atoms with van der Waals surface area (Å²) in [6.07, 6.45) is 5.85. The van der Waals surface area contributed by atoms with Gasteiger partial charge in [-0.2, -0.15) is 0 Å². The fourth-order valence-corrected chi connectivity index (χ4v) is 3.71. The van der Waals surface area contributed by atoms with Crippen LogP contribution in [-0.2, 0) is 4.79 Å². The first-order chi connectivity index (χ1) is 12.0. The van der Waals surface area contributed by atoms with Crippen LogP contribution in [0.4, 0.5) is 0 Å². The fourth-order valence-electron chi connectivity index (χ4n) is 3.02. The van der Waals surface area contributed by atoms with Gasteiger partial charge in [-0.3, -0.25) is 4.79 Å². The molecule has 1 heterocycles. The van der Waals surface area contributed by atoms with E-state index >= 15 is 0 Å². The zero-order chi connectivity index (χ0) is 17.8. The number of nitrogens with zero attached hydrogens (tertiary/aromatic N) is 2. The van der Waals surface area contributed by atoms with Gasteiger partial charge in [-0.1, -0.05) is 37.1 Å². The van der Waals surface area contributed by atoms with Crippen LogP contribution in [0, 0.1) is 13.8 Å². The molecular weight excluding hydrogens is 334 g/mol. The van der Waals surface area contributed by atoms with Gasteiger partial charge < -0.3 is 9.73 Å². The van der Waals surface area contributed by atoms with E-state index in [0.717, 1.165) is 18.4 Å². The third-order valence-corrected chi connectivity index (χ3v) is 5.69. The zero-order valence-corrected chi connectivity index (χ0v) is 15.9. The Morgan fingerprint density at radius 1 is 1.20 bits per heavy atom. The molecule has 1 amide bonds. The molecule has 25 heavy (non-hydrogen) atoms. The van der Waals surface area contributed by atoms with Crippen molar-refractivity contribution < 1.29 is 9.21 Å². The third-order valence-electron chi connectivity index (χ3n) is 4.76. The molecule has 0 spiro atoms. The van der Waals surface area contributed by atoms with Gasteiger partial charge in [0.15, 0.2) is 0 Å². The molecule has 0 unspecified atom stereocenters. The molecule has 1 fully saturated rings. The maximum absolute atomic E-state index is 12.4. The summed E-state index contributed by atoms with van der Waals surface area (Å²) in [5, 5.41) is 11.5. The molecule has 2 aromatic rings. The Bertz CT molecular complexity index is 738. The summed E-state index contributed by atoms with van der Waals surface area (Å²) in [7, 11) is 0. The lowest BCUT2D eigenvalue weighted by Crippen LogP contribution is -2.40. The summed E-state index contributed by atoms with van der Waals surface area (Å²) in [5.41, 5.74) is 3.32. The van der Waals surface area contributed by atoms with Gasteiger partial charge >= 0.3 is 0 Å². The van der Waals surface area contributed by atoms with E-state index in [1.165, 1.54) is 42.2 Å². The lowest BCUT2D eigenvalue weighted by atomic mass is 9.95. The molecule has 134 valence electrons. The van der Waals surface area contributed by atoms with Crippen molar-refractivity contribution in [1.82, 2.24) is 15.5 Å². The Morgan fingerprint density at radius 2 is 1.96 bits per heavy atom. The topological polar surface area (TPSA) is 68.0 Å². The number of thioether (sulfide) groups is 1. The van der Waals surface area contributed by atoms with Gasteiger partial charge in [0.05, 0.1) is 5.25 Å². The molecule has 1 N–H and O–H groups in total. The average Bonchev–Trinajstić information content (AvgIpc) is 3.06. The summed E-state index contributed by atoms with van der Waals surface area (Å²) in [4.78, 5) is 12.4. The van der Waals surface area contributed by atoms with Gasteiger partial charge in [-0.25, -0.2) is 0 Å². The summed E-state index contributed by atoms with van der Waals surface area (Å²) in [6.45, 7) is 6.01. The quantitative estimate of drug-likeness (QED) is 0.807. The monoisotopic (exact) mass is 359 g/mol. The number of aryl methyl sites for hydroxylation is 2. The van der Waals surface area contributed by atoms with Gasteiger partial charge in [-0.05, 0) is 56.9 Å². The highest BCUT2D eigenvalue weighted by Gasteiger charge is 2.22. The molecule has 5 nitrogen and oxygen atoms in total. The Labute approximate surface area is 153 Å². The highest BCUT2D eigenvalue weighted by Crippen LogP contribution is 2.27. The lowest BCUT2D eigenvalue weighted by molar-refractivity contribution is -0.121. The largest absolute Gasteiger partial charge is 0.411 e. The number of hydrogen-bond donors (Lipinski definition) is 1. The Kier molecular flexibility index (Phi) is 5.78. The van der Waals surface area contributed by atoms with Crippen molar-refractivity contribution in [3.63, 3.8) is 0 Å². The van der Waals surface area contributed by atoms with Crippen LogP contribution in [0.5, 0.6) is 0 Å². The number of nitrogens with one attached hydrogen (secondary N) is 1. The number of benzene rings is 1. The van der Waals surface area contributed by atoms with E-state index in [9.17, 15) is 4.79 Å². The van der Waals surface area contributed by atoms with Crippen molar-refractivity contribution >= 4 is 17.7 Å². The molecule has 1 saturated carbocycles. The van der Waals surface area contributed by atoms with E-state index in [4.69, 9.17) is 4.42 Å². The highest BCUT2D eigenvalue weighted by atomic mass is 32.2. The first-order valence-corrected chi connectivity index (χ1v) is 9.79. The smallest absolute Gasteiger partial charge is 0.277 e. The molecule has 3 rings (SSSR count). The van der Waals surface area contributed by atoms with Crippen molar-refractivity contribution in [2.45, 2.75) is 69.4 Å². The molecule has 1 atom stereocenters. The van der Waals surface area contributed by atoms with Crippen molar-refractivity contribution in [2.24, 2.45) is 0 Å². The number of amides is 1. The second-order valence-electron chi connectivity index (χ2n) is 6.78. The van der Waals surface area contributed by atoms with Crippen LogP contribution < -0.4 is 5.32 Å². The molecule has 0 radical (unpaired) electrons. The Balaban J connectivity index is 1.60. The summed E-state index contributed by atoms with van der Waals surface area (Å²) < 4.78 is 5.74. The minimum Gasteiger partial charge on any atom is -0.411 e. The molecule has 0 saturated heterocycles. The Hall–Kier alpha value is -1.82. The minimum absolute atomic E-state index is 0.0443. The highest BCUT2D eigenvalue weighted by molar-refractivity contribution is 8.00. The first-order valence-electron chi connectivity index (χ1n) is 8.91. The third kappa shape index (κ3) is 4.63. The molecule has 6 heteroatoms. The van der Waals surface area contributed by atoms with Gasteiger partial charge in [0.25, 0.3) is 5.22 Å². The van der Waals surface area contributed by atoms with Crippen LogP contribution >= 0.6 is 11.8 Å². The predicted octanol–water partition coefficient (Wildman–Crippen LogP) is 4.28. The zero-order valence-electron chi connectivity index (χ0n) is 15.0. The number of carbonyl (C=O) groups is 1. The SMILES string of the molecule is Cc1ccc(-c2nnc(S[C@@H](C)C(=O)NC3CCCCC3)o2)cc1C. The van der Waals surface area contributed by atoms with Crippen LogP contribution in [-0.4, -0.2) is 27.4 Å². The van der Waals surface area contributed by atoms with E-state index in [1.54, 1.807) is 0 Å². The van der Waals surface area contributed by atoms with Crippen molar-refractivity contribution in [1.29, 1.82) is 0 Å². The molecule has 0 bridgehead atoms. The number of rotatable bonds is 5. The van der Waals surface area contributed by atoms with Crippen molar-refractivity contribution in [3.8, 4) is 11.5 Å². The minimum atomic E-state index is -0.255. The van der Waals surface area contributed by atoms with E-state index in [-0.39, 0.29) is 11.2 Å². The average molecular weight is 359 g/mol. The van der Waals surface area contributed by atoms with Crippen LogP contribution in [0.3, 0.4) is 0 Å². The maximum atomic E-state index is 12.4. The number of hydrogen-bond acceptors (Lipinski definition) is 5. The summed E-state index contributed by atoms with van der Waals surface area (Å²) in [6, 6.07) is 6.38. The Morgan fingerprint density at radius 3 is 2.68 bits per heavy atom. The van der Waals surface area contributed by atoms with Crippen LogP contribution in [0.25, 0.3) is 11.5 Å². The fraction of sp³-hybridized carbons (Fsp3) is 0.526.